The van der Waals surface area contributed by atoms with Crippen LogP contribution in [-0.4, -0.2) is 15.3 Å². The Labute approximate surface area is 161 Å². The van der Waals surface area contributed by atoms with E-state index in [9.17, 15) is 8.76 Å². The van der Waals surface area contributed by atoms with Crippen LogP contribution < -0.4 is 4.90 Å². The highest BCUT2D eigenvalue weighted by molar-refractivity contribution is 7.79. The predicted molar refractivity (Wildman–Crippen MR) is 108 cm³/mol. The molecule has 3 rings (SSSR count). The smallest absolute Gasteiger partial charge is 0.186 e. The second-order valence-electron chi connectivity index (χ2n) is 6.03. The van der Waals surface area contributed by atoms with Crippen LogP contribution in [0.4, 0.5) is 5.69 Å². The van der Waals surface area contributed by atoms with Gasteiger partial charge in [-0.15, -0.1) is 0 Å². The number of hydrogen-bond donors (Lipinski definition) is 1. The third-order valence-corrected chi connectivity index (χ3v) is 5.05. The van der Waals surface area contributed by atoms with Gasteiger partial charge < -0.3 is 9.45 Å². The molecule has 0 saturated heterocycles. The minimum Gasteiger partial charge on any atom is -0.367 e. The molecule has 1 unspecified atom stereocenters. The summed E-state index contributed by atoms with van der Waals surface area (Å²) in [4.78, 5) is 2.62. The van der Waals surface area contributed by atoms with Gasteiger partial charge in [-0.2, -0.15) is 0 Å². The molecular formula is C21H20ClNO2S. The van der Waals surface area contributed by atoms with Crippen molar-refractivity contribution in [2.75, 3.05) is 11.4 Å². The summed E-state index contributed by atoms with van der Waals surface area (Å²) in [6, 6.07) is 25.3. The molecular weight excluding hydrogens is 366 g/mol. The van der Waals surface area contributed by atoms with Gasteiger partial charge in [0.15, 0.2) is 11.1 Å². The lowest BCUT2D eigenvalue weighted by atomic mass is 10.1. The SMILES string of the molecule is O=S(O)c1cccc(N(CCc2cccc(Cl)c2)Cc2ccccc2)c1. The highest BCUT2D eigenvalue weighted by atomic mass is 35.5. The zero-order valence-corrected chi connectivity index (χ0v) is 15.8. The van der Waals surface area contributed by atoms with E-state index < -0.39 is 11.1 Å². The molecule has 1 atom stereocenters. The number of benzene rings is 3. The Morgan fingerprint density at radius 1 is 0.885 bits per heavy atom. The molecule has 0 bridgehead atoms. The molecule has 0 aliphatic carbocycles. The number of nitrogens with zero attached hydrogens (tertiary/aromatic N) is 1. The fourth-order valence-corrected chi connectivity index (χ4v) is 3.48. The molecule has 3 nitrogen and oxygen atoms in total. The second kappa shape index (κ2) is 8.99. The molecule has 1 N–H and O–H groups in total. The van der Waals surface area contributed by atoms with Gasteiger partial charge in [0.05, 0.1) is 4.90 Å². The number of anilines is 1. The topological polar surface area (TPSA) is 40.5 Å². The molecule has 0 heterocycles. The Balaban J connectivity index is 1.83. The summed E-state index contributed by atoms with van der Waals surface area (Å²) >= 11 is 4.10. The summed E-state index contributed by atoms with van der Waals surface area (Å²) in [7, 11) is 0. The minimum atomic E-state index is -1.99. The van der Waals surface area contributed by atoms with Crippen molar-refractivity contribution < 1.29 is 8.76 Å². The van der Waals surface area contributed by atoms with Gasteiger partial charge >= 0.3 is 0 Å². The summed E-state index contributed by atoms with van der Waals surface area (Å²) in [5, 5.41) is 0.731. The molecule has 0 saturated carbocycles. The van der Waals surface area contributed by atoms with Gasteiger partial charge in [-0.3, -0.25) is 0 Å². The Morgan fingerprint density at radius 3 is 2.35 bits per heavy atom. The van der Waals surface area contributed by atoms with Crippen LogP contribution in [0.1, 0.15) is 11.1 Å². The van der Waals surface area contributed by atoms with E-state index in [-0.39, 0.29) is 0 Å². The van der Waals surface area contributed by atoms with Crippen molar-refractivity contribution in [3.63, 3.8) is 0 Å². The first-order chi connectivity index (χ1) is 12.6. The Hall–Kier alpha value is -2.14. The molecule has 0 aliphatic rings. The van der Waals surface area contributed by atoms with Gasteiger partial charge in [0.1, 0.15) is 0 Å². The van der Waals surface area contributed by atoms with Gasteiger partial charge in [0, 0.05) is 23.8 Å². The fourth-order valence-electron chi connectivity index (χ4n) is 2.85. The third kappa shape index (κ3) is 5.18. The molecule has 0 amide bonds. The molecule has 0 fully saturated rings. The molecule has 0 aliphatic heterocycles. The van der Waals surface area contributed by atoms with Crippen LogP contribution in [0.3, 0.4) is 0 Å². The van der Waals surface area contributed by atoms with E-state index in [1.54, 1.807) is 12.1 Å². The van der Waals surface area contributed by atoms with Crippen molar-refractivity contribution in [1.29, 1.82) is 0 Å². The van der Waals surface area contributed by atoms with Crippen molar-refractivity contribution in [2.45, 2.75) is 17.9 Å². The maximum absolute atomic E-state index is 11.4. The summed E-state index contributed by atoms with van der Waals surface area (Å²) in [5.41, 5.74) is 3.28. The second-order valence-corrected chi connectivity index (χ2v) is 7.44. The van der Waals surface area contributed by atoms with E-state index in [0.717, 1.165) is 35.8 Å². The van der Waals surface area contributed by atoms with E-state index >= 15 is 0 Å². The van der Waals surface area contributed by atoms with Crippen LogP contribution in [0.25, 0.3) is 0 Å². The average molecular weight is 386 g/mol. The van der Waals surface area contributed by atoms with Gasteiger partial charge in [0.25, 0.3) is 0 Å². The van der Waals surface area contributed by atoms with Crippen LogP contribution in [0.15, 0.2) is 83.8 Å². The Kier molecular flexibility index (Phi) is 6.45. The number of rotatable bonds is 7. The summed E-state index contributed by atoms with van der Waals surface area (Å²) in [6.07, 6.45) is 0.833. The van der Waals surface area contributed by atoms with Crippen LogP contribution in [0.5, 0.6) is 0 Å². The Bertz CT molecular complexity index is 886. The zero-order valence-electron chi connectivity index (χ0n) is 14.2. The Morgan fingerprint density at radius 2 is 1.62 bits per heavy atom. The van der Waals surface area contributed by atoms with Crippen molar-refractivity contribution in [3.8, 4) is 0 Å². The highest BCUT2D eigenvalue weighted by Gasteiger charge is 2.10. The quantitative estimate of drug-likeness (QED) is 0.570. The molecule has 0 spiro atoms. The van der Waals surface area contributed by atoms with Gasteiger partial charge in [-0.1, -0.05) is 60.1 Å². The standard InChI is InChI=1S/C21H20ClNO2S/c22-19-9-4-8-17(14-19)12-13-23(16-18-6-2-1-3-7-18)20-10-5-11-21(15-20)26(24)25/h1-11,14-15H,12-13,16H2,(H,24,25). The van der Waals surface area contributed by atoms with E-state index in [4.69, 9.17) is 11.6 Å². The molecule has 0 aromatic heterocycles. The monoisotopic (exact) mass is 385 g/mol. The van der Waals surface area contributed by atoms with Crippen LogP contribution >= 0.6 is 11.6 Å². The fraction of sp³-hybridized carbons (Fsp3) is 0.143. The van der Waals surface area contributed by atoms with E-state index in [0.29, 0.717) is 4.90 Å². The summed E-state index contributed by atoms with van der Waals surface area (Å²) in [6.45, 7) is 1.50. The summed E-state index contributed by atoms with van der Waals surface area (Å²) in [5.74, 6) is 0. The van der Waals surface area contributed by atoms with E-state index in [2.05, 4.69) is 23.1 Å². The summed E-state index contributed by atoms with van der Waals surface area (Å²) < 4.78 is 20.8. The normalized spacial score (nSPS) is 11.9. The lowest BCUT2D eigenvalue weighted by Crippen LogP contribution is -2.25. The molecule has 26 heavy (non-hydrogen) atoms. The third-order valence-electron chi connectivity index (χ3n) is 4.16. The lowest BCUT2D eigenvalue weighted by molar-refractivity contribution is 0.564. The maximum atomic E-state index is 11.4. The first-order valence-corrected chi connectivity index (χ1v) is 9.84. The molecule has 3 aromatic carbocycles. The zero-order chi connectivity index (χ0) is 18.4. The molecule has 0 radical (unpaired) electrons. The number of hydrogen-bond acceptors (Lipinski definition) is 2. The largest absolute Gasteiger partial charge is 0.367 e. The van der Waals surface area contributed by atoms with Gasteiger partial charge in [-0.25, -0.2) is 4.21 Å². The minimum absolute atomic E-state index is 0.406. The number of halogens is 1. The maximum Gasteiger partial charge on any atom is 0.186 e. The molecule has 5 heteroatoms. The predicted octanol–water partition coefficient (Wildman–Crippen LogP) is 5.17. The van der Waals surface area contributed by atoms with Gasteiger partial charge in [-0.05, 0) is 47.9 Å². The molecule has 134 valence electrons. The van der Waals surface area contributed by atoms with E-state index in [1.807, 2.05) is 48.5 Å². The van der Waals surface area contributed by atoms with Crippen LogP contribution in [0.2, 0.25) is 5.02 Å². The first kappa shape index (κ1) is 18.6. The van der Waals surface area contributed by atoms with Gasteiger partial charge in [0.2, 0.25) is 0 Å². The highest BCUT2D eigenvalue weighted by Crippen LogP contribution is 2.21. The van der Waals surface area contributed by atoms with Crippen molar-refractivity contribution in [1.82, 2.24) is 0 Å². The first-order valence-electron chi connectivity index (χ1n) is 8.36. The van der Waals surface area contributed by atoms with Crippen molar-refractivity contribution in [3.05, 3.63) is 95.0 Å². The van der Waals surface area contributed by atoms with E-state index in [1.165, 1.54) is 5.56 Å². The van der Waals surface area contributed by atoms with Crippen LogP contribution in [-0.2, 0) is 24.0 Å². The lowest BCUT2D eigenvalue weighted by Gasteiger charge is -2.25. The molecule has 3 aromatic rings. The average Bonchev–Trinajstić information content (AvgIpc) is 2.66. The van der Waals surface area contributed by atoms with Crippen molar-refractivity contribution >= 4 is 28.4 Å². The van der Waals surface area contributed by atoms with Crippen LogP contribution in [0, 0.1) is 0 Å². The van der Waals surface area contributed by atoms with Crippen molar-refractivity contribution in [2.24, 2.45) is 0 Å².